The Balaban J connectivity index is 0.000000273. The van der Waals surface area contributed by atoms with Crippen molar-refractivity contribution < 1.29 is 0 Å². The van der Waals surface area contributed by atoms with E-state index in [2.05, 4.69) is 246 Å². The molecule has 0 bridgehead atoms. The van der Waals surface area contributed by atoms with E-state index in [1.807, 2.05) is 23.7 Å². The zero-order valence-electron chi connectivity index (χ0n) is 43.5. The number of pyridine rings is 2. The van der Waals surface area contributed by atoms with Crippen LogP contribution in [0, 0.1) is 0 Å². The van der Waals surface area contributed by atoms with Crippen LogP contribution in [0.15, 0.2) is 109 Å². The minimum Gasteiger partial charge on any atom is -0.261 e. The molecule has 0 saturated carbocycles. The summed E-state index contributed by atoms with van der Waals surface area (Å²) >= 11 is 1.95. The van der Waals surface area contributed by atoms with Gasteiger partial charge in [0.25, 0.3) is 0 Å². The first kappa shape index (κ1) is 55.1. The molecular weight excluding hydrogens is 781 g/mol. The minimum atomic E-state index is 0.534. The third-order valence-corrected chi connectivity index (χ3v) is 13.1. The lowest BCUT2D eigenvalue weighted by Gasteiger charge is -2.15. The van der Waals surface area contributed by atoms with Gasteiger partial charge in [-0.2, -0.15) is 0 Å². The molecule has 0 N–H and O–H groups in total. The van der Waals surface area contributed by atoms with Gasteiger partial charge >= 0.3 is 0 Å². The number of hydrogen-bond acceptors (Lipinski definition) is 3. The van der Waals surface area contributed by atoms with Crippen LogP contribution >= 0.6 is 11.3 Å². The second-order valence-electron chi connectivity index (χ2n) is 20.3. The maximum absolute atomic E-state index is 4.40. The molecule has 0 aliphatic carbocycles. The van der Waals surface area contributed by atoms with Gasteiger partial charge in [0.05, 0.1) is 0 Å². The van der Waals surface area contributed by atoms with Crippen LogP contribution in [0.4, 0.5) is 0 Å². The molecule has 3 aromatic heterocycles. The molecule has 3 heterocycles. The molecule has 2 nitrogen and oxygen atoms in total. The molecule has 0 atom stereocenters. The van der Waals surface area contributed by atoms with Gasteiger partial charge in [-0.1, -0.05) is 211 Å². The summed E-state index contributed by atoms with van der Waals surface area (Å²) in [6.45, 7) is 44.3. The van der Waals surface area contributed by atoms with Gasteiger partial charge in [0, 0.05) is 33.5 Å². The standard InChI is InChI=1S/C16H20.C12H18.2C11H17N.C10H16S/c1-11(2)13-9-10-14(12(3)4)16-8-6-5-7-15(13)16;1-9(2)11-5-7-12(8-6-11)10(3)4;2*1-8(2)10-5-6-11(9(3)4)12-7-10;1-7(2)9-5-6-10(11-9)8(3)4/h5-12H,1-4H3;5-10H,1-4H3;2*5-9H,1-4H3;5-8H,1-4H3. The Labute approximate surface area is 391 Å². The number of rotatable bonds is 10. The molecule has 0 aliphatic heterocycles. The van der Waals surface area contributed by atoms with Crippen molar-refractivity contribution in [2.75, 3.05) is 0 Å². The normalized spacial score (nSPS) is 11.3. The molecule has 6 rings (SSSR count). The average Bonchev–Trinajstić information content (AvgIpc) is 3.76. The highest BCUT2D eigenvalue weighted by atomic mass is 32.1. The van der Waals surface area contributed by atoms with Crippen molar-refractivity contribution in [2.45, 2.75) is 198 Å². The smallest absolute Gasteiger partial charge is 0.0429 e. The van der Waals surface area contributed by atoms with E-state index in [1.165, 1.54) is 65.3 Å². The summed E-state index contributed by atoms with van der Waals surface area (Å²) in [7, 11) is 0. The van der Waals surface area contributed by atoms with Crippen molar-refractivity contribution >= 4 is 22.1 Å². The molecule has 3 aromatic carbocycles. The molecule has 0 amide bonds. The molecular formula is C60H88N2S. The number of fused-ring (bicyclic) bond motifs is 1. The molecule has 344 valence electrons. The number of aromatic nitrogens is 2. The van der Waals surface area contributed by atoms with Gasteiger partial charge in [0.2, 0.25) is 0 Å². The van der Waals surface area contributed by atoms with Crippen molar-refractivity contribution in [3.63, 3.8) is 0 Å². The predicted molar refractivity (Wildman–Crippen MR) is 284 cm³/mol. The molecule has 0 aliphatic rings. The van der Waals surface area contributed by atoms with Gasteiger partial charge in [0.15, 0.2) is 0 Å². The van der Waals surface area contributed by atoms with Crippen molar-refractivity contribution in [3.05, 3.63) is 164 Å². The van der Waals surface area contributed by atoms with Crippen LogP contribution in [-0.4, -0.2) is 9.97 Å². The summed E-state index contributed by atoms with van der Waals surface area (Å²) in [6, 6.07) is 35.4. The van der Waals surface area contributed by atoms with Crippen molar-refractivity contribution in [2.24, 2.45) is 0 Å². The van der Waals surface area contributed by atoms with Gasteiger partial charge < -0.3 is 0 Å². The molecule has 6 aromatic rings. The van der Waals surface area contributed by atoms with Crippen LogP contribution < -0.4 is 0 Å². The fraction of sp³-hybridized carbons (Fsp3) is 0.500. The Hall–Kier alpha value is -4.08. The summed E-state index contributed by atoms with van der Waals surface area (Å²) in [5.74, 6) is 6.07. The minimum absolute atomic E-state index is 0.534. The SMILES string of the molecule is CC(C)c1ccc(C(C)C)c2ccccc12.CC(C)c1ccc(C(C)C)cc1.CC(C)c1ccc(C(C)C)nc1.CC(C)c1ccc(C(C)C)nc1.CC(C)c1ccc(C(C)C)s1. The van der Waals surface area contributed by atoms with Crippen molar-refractivity contribution in [3.8, 4) is 0 Å². The molecule has 0 unspecified atom stereocenters. The van der Waals surface area contributed by atoms with E-state index in [1.54, 1.807) is 0 Å². The Bertz CT molecular complexity index is 1840. The first-order chi connectivity index (χ1) is 29.5. The first-order valence-corrected chi connectivity index (χ1v) is 25.0. The van der Waals surface area contributed by atoms with Gasteiger partial charge in [-0.25, -0.2) is 0 Å². The van der Waals surface area contributed by atoms with E-state index in [-0.39, 0.29) is 0 Å². The first-order valence-electron chi connectivity index (χ1n) is 24.2. The van der Waals surface area contributed by atoms with Crippen LogP contribution in [0.3, 0.4) is 0 Å². The van der Waals surface area contributed by atoms with E-state index in [0.29, 0.717) is 59.2 Å². The highest BCUT2D eigenvalue weighted by Gasteiger charge is 2.11. The molecule has 63 heavy (non-hydrogen) atoms. The van der Waals surface area contributed by atoms with E-state index in [4.69, 9.17) is 0 Å². The average molecular weight is 869 g/mol. The fourth-order valence-corrected chi connectivity index (χ4v) is 7.82. The molecule has 0 radical (unpaired) electrons. The fourth-order valence-electron chi connectivity index (χ4n) is 6.81. The number of nitrogens with zero attached hydrogens (tertiary/aromatic N) is 2. The highest BCUT2D eigenvalue weighted by molar-refractivity contribution is 7.12. The van der Waals surface area contributed by atoms with Gasteiger partial charge in [0.1, 0.15) is 0 Å². The summed E-state index contributed by atoms with van der Waals surface area (Å²) in [5, 5.41) is 2.84. The van der Waals surface area contributed by atoms with Crippen molar-refractivity contribution in [1.82, 2.24) is 9.97 Å². The Morgan fingerprint density at radius 3 is 0.794 bits per heavy atom. The second-order valence-corrected chi connectivity index (χ2v) is 21.4. The monoisotopic (exact) mass is 869 g/mol. The van der Waals surface area contributed by atoms with Crippen molar-refractivity contribution in [1.29, 1.82) is 0 Å². The molecule has 0 fully saturated rings. The lowest BCUT2D eigenvalue weighted by molar-refractivity contribution is 0.802. The van der Waals surface area contributed by atoms with E-state index < -0.39 is 0 Å². The Morgan fingerprint density at radius 1 is 0.286 bits per heavy atom. The van der Waals surface area contributed by atoms with Gasteiger partial charge in [-0.15, -0.1) is 11.3 Å². The summed E-state index contributed by atoms with van der Waals surface area (Å²) < 4.78 is 0. The topological polar surface area (TPSA) is 25.8 Å². The third kappa shape index (κ3) is 18.5. The lowest BCUT2D eigenvalue weighted by atomic mass is 9.89. The molecule has 3 heteroatoms. The number of hydrogen-bond donors (Lipinski definition) is 0. The van der Waals surface area contributed by atoms with Crippen LogP contribution in [0.2, 0.25) is 0 Å². The maximum Gasteiger partial charge on any atom is 0.0429 e. The highest BCUT2D eigenvalue weighted by Crippen LogP contribution is 2.32. The van der Waals surface area contributed by atoms with Crippen LogP contribution in [0.5, 0.6) is 0 Å². The van der Waals surface area contributed by atoms with Crippen LogP contribution in [0.25, 0.3) is 10.8 Å². The second kappa shape index (κ2) is 27.3. The zero-order valence-corrected chi connectivity index (χ0v) is 44.3. The van der Waals surface area contributed by atoms with Gasteiger partial charge in [-0.05, 0) is 128 Å². The number of thiophene rings is 1. The maximum atomic E-state index is 4.40. The Kier molecular flexibility index (Phi) is 23.8. The summed E-state index contributed by atoms with van der Waals surface area (Å²) in [5.41, 5.74) is 10.8. The molecule has 0 spiro atoms. The van der Waals surface area contributed by atoms with E-state index in [9.17, 15) is 0 Å². The largest absolute Gasteiger partial charge is 0.261 e. The van der Waals surface area contributed by atoms with Crippen LogP contribution in [0.1, 0.15) is 252 Å². The zero-order chi connectivity index (χ0) is 47.6. The Morgan fingerprint density at radius 2 is 0.587 bits per heavy atom. The quantitative estimate of drug-likeness (QED) is 0.137. The van der Waals surface area contributed by atoms with E-state index >= 15 is 0 Å². The third-order valence-electron chi connectivity index (χ3n) is 11.4. The lowest BCUT2D eigenvalue weighted by Crippen LogP contribution is -1.95. The van der Waals surface area contributed by atoms with E-state index in [0.717, 1.165) is 0 Å². The van der Waals surface area contributed by atoms with Gasteiger partial charge in [-0.3, -0.25) is 9.97 Å². The number of benzene rings is 3. The molecule has 0 saturated heterocycles. The summed E-state index contributed by atoms with van der Waals surface area (Å²) in [6.07, 6.45) is 3.97. The van der Waals surface area contributed by atoms with Crippen LogP contribution in [-0.2, 0) is 0 Å². The summed E-state index contributed by atoms with van der Waals surface area (Å²) in [4.78, 5) is 11.8. The predicted octanol–water partition coefficient (Wildman–Crippen LogP) is 19.7.